The number of nitrogens with zero attached hydrogens (tertiary/aromatic N) is 5. The van der Waals surface area contributed by atoms with Crippen LogP contribution in [0.2, 0.25) is 0 Å². The first kappa shape index (κ1) is 17.3. The van der Waals surface area contributed by atoms with E-state index >= 15 is 0 Å². The third-order valence-corrected chi connectivity index (χ3v) is 5.02. The summed E-state index contributed by atoms with van der Waals surface area (Å²) in [6, 6.07) is 15.6. The second kappa shape index (κ2) is 7.23. The molecule has 2 aromatic heterocycles. The number of carbonyl (C=O) groups excluding carboxylic acids is 1. The molecule has 6 nitrogen and oxygen atoms in total. The number of rotatable bonds is 3. The molecule has 0 bridgehead atoms. The smallest absolute Gasteiger partial charge is 0.272 e. The van der Waals surface area contributed by atoms with Crippen LogP contribution in [0.3, 0.4) is 0 Å². The normalized spacial score (nSPS) is 14.4. The van der Waals surface area contributed by atoms with Crippen molar-refractivity contribution in [1.82, 2.24) is 19.7 Å². The summed E-state index contributed by atoms with van der Waals surface area (Å²) >= 11 is 0. The van der Waals surface area contributed by atoms with Gasteiger partial charge in [-0.15, -0.1) is 0 Å². The van der Waals surface area contributed by atoms with Crippen LogP contribution in [-0.2, 0) is 0 Å². The summed E-state index contributed by atoms with van der Waals surface area (Å²) in [6.45, 7) is 7.11. The summed E-state index contributed by atoms with van der Waals surface area (Å²) in [4.78, 5) is 21.0. The number of hydrogen-bond donors (Lipinski definition) is 0. The minimum absolute atomic E-state index is 0.00340. The molecule has 1 aliphatic rings. The van der Waals surface area contributed by atoms with Crippen molar-refractivity contribution < 1.29 is 4.79 Å². The van der Waals surface area contributed by atoms with E-state index in [1.807, 2.05) is 46.8 Å². The van der Waals surface area contributed by atoms with Crippen LogP contribution in [0.1, 0.15) is 21.9 Å². The Labute approximate surface area is 159 Å². The summed E-state index contributed by atoms with van der Waals surface area (Å²) < 4.78 is 2.00. The van der Waals surface area contributed by atoms with Crippen molar-refractivity contribution in [3.63, 3.8) is 0 Å². The predicted octanol–water partition coefficient (Wildman–Crippen LogP) is 2.85. The number of para-hydroxylation sites is 1. The van der Waals surface area contributed by atoms with Gasteiger partial charge < -0.3 is 9.80 Å². The van der Waals surface area contributed by atoms with E-state index in [1.54, 1.807) is 12.3 Å². The molecule has 1 fully saturated rings. The summed E-state index contributed by atoms with van der Waals surface area (Å²) in [7, 11) is 0. The van der Waals surface area contributed by atoms with Crippen LogP contribution in [0.15, 0.2) is 54.7 Å². The van der Waals surface area contributed by atoms with E-state index in [9.17, 15) is 4.79 Å². The Morgan fingerprint density at radius 1 is 0.926 bits per heavy atom. The highest BCUT2D eigenvalue weighted by molar-refractivity contribution is 5.92. The van der Waals surface area contributed by atoms with Crippen molar-refractivity contribution in [2.24, 2.45) is 0 Å². The van der Waals surface area contributed by atoms with Gasteiger partial charge in [-0.1, -0.05) is 24.3 Å². The lowest BCUT2D eigenvalue weighted by atomic mass is 10.2. The lowest BCUT2D eigenvalue weighted by molar-refractivity contribution is 0.0741. The number of carbonyl (C=O) groups is 1. The second-order valence-corrected chi connectivity index (χ2v) is 6.76. The van der Waals surface area contributed by atoms with E-state index in [-0.39, 0.29) is 5.91 Å². The van der Waals surface area contributed by atoms with Crippen LogP contribution in [-0.4, -0.2) is 51.8 Å². The molecule has 0 atom stereocenters. The maximum Gasteiger partial charge on any atom is 0.272 e. The lowest BCUT2D eigenvalue weighted by Gasteiger charge is -2.36. The zero-order chi connectivity index (χ0) is 18.8. The van der Waals surface area contributed by atoms with E-state index in [1.165, 1.54) is 5.69 Å². The number of benzene rings is 1. The van der Waals surface area contributed by atoms with Crippen LogP contribution in [0.5, 0.6) is 0 Å². The molecule has 0 N–H and O–H groups in total. The lowest BCUT2D eigenvalue weighted by Crippen LogP contribution is -2.49. The number of piperazine rings is 1. The predicted molar refractivity (Wildman–Crippen MR) is 105 cm³/mol. The molecular formula is C21H23N5O. The van der Waals surface area contributed by atoms with E-state index in [0.717, 1.165) is 30.2 Å². The average Bonchev–Trinajstić information content (AvgIpc) is 3.03. The molecule has 0 saturated carbocycles. The minimum Gasteiger partial charge on any atom is -0.365 e. The molecule has 27 heavy (non-hydrogen) atoms. The van der Waals surface area contributed by atoms with Gasteiger partial charge in [0.05, 0.1) is 22.8 Å². The van der Waals surface area contributed by atoms with Crippen molar-refractivity contribution in [2.75, 3.05) is 31.1 Å². The topological polar surface area (TPSA) is 54.3 Å². The molecule has 4 rings (SSSR count). The molecule has 1 aromatic carbocycles. The highest BCUT2D eigenvalue weighted by atomic mass is 16.2. The van der Waals surface area contributed by atoms with Crippen molar-refractivity contribution in [2.45, 2.75) is 13.8 Å². The van der Waals surface area contributed by atoms with Crippen LogP contribution >= 0.6 is 0 Å². The summed E-state index contributed by atoms with van der Waals surface area (Å²) in [5.74, 6) is 0.00340. The molecule has 0 aliphatic carbocycles. The van der Waals surface area contributed by atoms with Gasteiger partial charge in [0.2, 0.25) is 0 Å². The zero-order valence-corrected chi connectivity index (χ0v) is 15.7. The molecule has 1 aliphatic heterocycles. The van der Waals surface area contributed by atoms with Gasteiger partial charge in [-0.25, -0.2) is 4.68 Å². The van der Waals surface area contributed by atoms with E-state index in [2.05, 4.69) is 28.9 Å². The van der Waals surface area contributed by atoms with Crippen LogP contribution in [0.4, 0.5) is 5.69 Å². The maximum absolute atomic E-state index is 12.6. The first-order chi connectivity index (χ1) is 13.1. The van der Waals surface area contributed by atoms with Crippen molar-refractivity contribution >= 4 is 11.6 Å². The Balaban J connectivity index is 1.50. The fourth-order valence-corrected chi connectivity index (χ4v) is 3.70. The molecule has 1 amide bonds. The van der Waals surface area contributed by atoms with Gasteiger partial charge in [-0.2, -0.15) is 5.10 Å². The molecule has 3 aromatic rings. The molecule has 138 valence electrons. The van der Waals surface area contributed by atoms with E-state index < -0.39 is 0 Å². The summed E-state index contributed by atoms with van der Waals surface area (Å²) in [5.41, 5.74) is 4.89. The molecule has 0 spiro atoms. The van der Waals surface area contributed by atoms with Gasteiger partial charge in [-0.05, 0) is 38.1 Å². The van der Waals surface area contributed by atoms with Gasteiger partial charge in [0.1, 0.15) is 5.69 Å². The van der Waals surface area contributed by atoms with Gasteiger partial charge in [-0.3, -0.25) is 9.78 Å². The van der Waals surface area contributed by atoms with Crippen LogP contribution in [0.25, 0.3) is 5.69 Å². The number of anilines is 1. The second-order valence-electron chi connectivity index (χ2n) is 6.76. The average molecular weight is 361 g/mol. The van der Waals surface area contributed by atoms with E-state index in [4.69, 9.17) is 5.10 Å². The largest absolute Gasteiger partial charge is 0.365 e. The third-order valence-electron chi connectivity index (χ3n) is 5.02. The standard InChI is InChI=1S/C21H23N5O/c1-16-20(17(2)26(23-16)18-8-4-3-5-9-18)24-12-14-25(15-13-24)21(27)19-10-6-7-11-22-19/h3-11H,12-15H2,1-2H3. The van der Waals surface area contributed by atoms with Crippen LogP contribution < -0.4 is 4.90 Å². The number of aromatic nitrogens is 3. The Hall–Kier alpha value is -3.15. The third kappa shape index (κ3) is 3.30. The Bertz CT molecular complexity index is 928. The summed E-state index contributed by atoms with van der Waals surface area (Å²) in [6.07, 6.45) is 1.66. The van der Waals surface area contributed by atoms with Crippen molar-refractivity contribution in [3.8, 4) is 5.69 Å². The first-order valence-corrected chi connectivity index (χ1v) is 9.22. The van der Waals surface area contributed by atoms with Crippen molar-refractivity contribution in [3.05, 3.63) is 71.8 Å². The number of hydrogen-bond acceptors (Lipinski definition) is 4. The Morgan fingerprint density at radius 3 is 2.30 bits per heavy atom. The Morgan fingerprint density at radius 2 is 1.63 bits per heavy atom. The number of aryl methyl sites for hydroxylation is 1. The molecule has 0 unspecified atom stereocenters. The highest BCUT2D eigenvalue weighted by Gasteiger charge is 2.26. The van der Waals surface area contributed by atoms with E-state index in [0.29, 0.717) is 18.8 Å². The SMILES string of the molecule is Cc1nn(-c2ccccc2)c(C)c1N1CCN(C(=O)c2ccccn2)CC1. The van der Waals surface area contributed by atoms with Gasteiger partial charge >= 0.3 is 0 Å². The molecule has 6 heteroatoms. The molecule has 3 heterocycles. The highest BCUT2D eigenvalue weighted by Crippen LogP contribution is 2.27. The van der Waals surface area contributed by atoms with Gasteiger partial charge in [0, 0.05) is 32.4 Å². The van der Waals surface area contributed by atoms with Gasteiger partial charge in [0.15, 0.2) is 0 Å². The number of amides is 1. The molecule has 0 radical (unpaired) electrons. The fourth-order valence-electron chi connectivity index (χ4n) is 3.70. The monoisotopic (exact) mass is 361 g/mol. The van der Waals surface area contributed by atoms with Crippen LogP contribution in [0, 0.1) is 13.8 Å². The fraction of sp³-hybridized carbons (Fsp3) is 0.286. The van der Waals surface area contributed by atoms with Gasteiger partial charge in [0.25, 0.3) is 5.91 Å². The Kier molecular flexibility index (Phi) is 4.62. The molecule has 1 saturated heterocycles. The minimum atomic E-state index is 0.00340. The summed E-state index contributed by atoms with van der Waals surface area (Å²) in [5, 5.41) is 4.74. The molecular weight excluding hydrogens is 338 g/mol. The zero-order valence-electron chi connectivity index (χ0n) is 15.7. The quantitative estimate of drug-likeness (QED) is 0.720. The maximum atomic E-state index is 12.6. The number of pyridine rings is 1. The first-order valence-electron chi connectivity index (χ1n) is 9.22. The van der Waals surface area contributed by atoms with Crippen molar-refractivity contribution in [1.29, 1.82) is 0 Å².